The number of nitrogens with one attached hydrogen (secondary N) is 1. The van der Waals surface area contributed by atoms with Crippen LogP contribution in [0.5, 0.6) is 0 Å². The van der Waals surface area contributed by atoms with Gasteiger partial charge in [0.25, 0.3) is 0 Å². The highest BCUT2D eigenvalue weighted by atomic mass is 35.5. The van der Waals surface area contributed by atoms with E-state index in [0.29, 0.717) is 29.3 Å². The molecular weight excluding hydrogens is 467 g/mol. The number of hydrogen-bond acceptors (Lipinski definition) is 2. The number of aryl methyl sites for hydroxylation is 1. The predicted octanol–water partition coefficient (Wildman–Crippen LogP) is 6.80. The lowest BCUT2D eigenvalue weighted by molar-refractivity contribution is -0.141. The van der Waals surface area contributed by atoms with E-state index in [1.165, 1.54) is 0 Å². The molecule has 6 heteroatoms. The van der Waals surface area contributed by atoms with Gasteiger partial charge in [-0.25, -0.2) is 0 Å². The molecule has 0 bridgehead atoms. The molecule has 3 rings (SSSR count). The summed E-state index contributed by atoms with van der Waals surface area (Å²) in [7, 11) is 0. The molecule has 0 saturated heterocycles. The van der Waals surface area contributed by atoms with Gasteiger partial charge in [-0.2, -0.15) is 0 Å². The second-order valence-electron chi connectivity index (χ2n) is 8.64. The van der Waals surface area contributed by atoms with Gasteiger partial charge in [0.1, 0.15) is 6.04 Å². The summed E-state index contributed by atoms with van der Waals surface area (Å²) in [5, 5.41) is 6.35. The molecule has 0 radical (unpaired) electrons. The molecule has 0 saturated carbocycles. The van der Waals surface area contributed by atoms with Crippen LogP contribution >= 0.6 is 23.2 Å². The van der Waals surface area contributed by atoms with E-state index in [-0.39, 0.29) is 24.4 Å². The Kier molecular flexibility index (Phi) is 9.37. The average molecular weight is 499 g/mol. The minimum atomic E-state index is -0.583. The number of fused-ring (bicyclic) bond motifs is 1. The number of hydrogen-bond donors (Lipinski definition) is 1. The second kappa shape index (κ2) is 12.2. The first-order valence-corrected chi connectivity index (χ1v) is 12.6. The zero-order valence-electron chi connectivity index (χ0n) is 20.0. The fraction of sp³-hybridized carbons (Fsp3) is 0.357. The molecule has 0 aliphatic carbocycles. The Hall–Kier alpha value is -2.56. The van der Waals surface area contributed by atoms with Gasteiger partial charge in [-0.15, -0.1) is 0 Å². The van der Waals surface area contributed by atoms with E-state index in [1.54, 1.807) is 17.0 Å². The van der Waals surface area contributed by atoms with Crippen molar-refractivity contribution in [3.8, 4) is 0 Å². The van der Waals surface area contributed by atoms with Gasteiger partial charge in [-0.1, -0.05) is 85.6 Å². The van der Waals surface area contributed by atoms with Crippen molar-refractivity contribution >= 4 is 45.8 Å². The average Bonchev–Trinajstić information content (AvgIpc) is 2.83. The highest BCUT2D eigenvalue weighted by Gasteiger charge is 2.29. The summed E-state index contributed by atoms with van der Waals surface area (Å²) >= 11 is 12.5. The monoisotopic (exact) mass is 498 g/mol. The molecule has 180 valence electrons. The molecule has 3 aromatic carbocycles. The lowest BCUT2D eigenvalue weighted by Crippen LogP contribution is -2.50. The maximum Gasteiger partial charge on any atom is 0.243 e. The minimum absolute atomic E-state index is 0.0355. The van der Waals surface area contributed by atoms with Crippen molar-refractivity contribution in [3.05, 3.63) is 81.8 Å². The fourth-order valence-corrected chi connectivity index (χ4v) is 4.56. The predicted molar refractivity (Wildman–Crippen MR) is 141 cm³/mol. The summed E-state index contributed by atoms with van der Waals surface area (Å²) in [4.78, 5) is 28.3. The van der Waals surface area contributed by atoms with Crippen LogP contribution in [-0.2, 0) is 22.6 Å². The molecule has 2 amide bonds. The lowest BCUT2D eigenvalue weighted by Gasteiger charge is -2.32. The molecule has 0 heterocycles. The van der Waals surface area contributed by atoms with E-state index in [0.717, 1.165) is 28.3 Å². The first-order chi connectivity index (χ1) is 16.3. The Morgan fingerprint density at radius 3 is 2.38 bits per heavy atom. The standard InChI is InChI=1S/C28H32Cl2N2O2/c1-4-19(3)31-28(34)26(5-2)32(18-22-13-15-23(29)17-25(22)30)27(33)16-14-21-11-8-10-20-9-6-7-12-24(20)21/h6-13,15,17,19,26H,4-5,14,16,18H2,1-3H3,(H,31,34)/t19-,26-/m0/s1. The van der Waals surface area contributed by atoms with Crippen LogP contribution < -0.4 is 5.32 Å². The van der Waals surface area contributed by atoms with Crippen molar-refractivity contribution in [2.45, 2.75) is 65.1 Å². The Morgan fingerprint density at radius 1 is 0.941 bits per heavy atom. The molecule has 1 N–H and O–H groups in total. The quantitative estimate of drug-likeness (QED) is 0.334. The molecule has 0 spiro atoms. The first kappa shape index (κ1) is 26.1. The maximum atomic E-state index is 13.6. The van der Waals surface area contributed by atoms with Gasteiger partial charge in [0.2, 0.25) is 11.8 Å². The van der Waals surface area contributed by atoms with Gasteiger partial charge in [0.15, 0.2) is 0 Å². The molecule has 2 atom stereocenters. The van der Waals surface area contributed by atoms with Gasteiger partial charge in [-0.05, 0) is 60.2 Å². The van der Waals surface area contributed by atoms with Gasteiger partial charge in [0.05, 0.1) is 0 Å². The van der Waals surface area contributed by atoms with Crippen molar-refractivity contribution in [1.29, 1.82) is 0 Å². The van der Waals surface area contributed by atoms with E-state index >= 15 is 0 Å². The summed E-state index contributed by atoms with van der Waals surface area (Å²) < 4.78 is 0. The van der Waals surface area contributed by atoms with Crippen LogP contribution in [0.25, 0.3) is 10.8 Å². The van der Waals surface area contributed by atoms with Crippen molar-refractivity contribution < 1.29 is 9.59 Å². The second-order valence-corrected chi connectivity index (χ2v) is 9.48. The van der Waals surface area contributed by atoms with E-state index in [2.05, 4.69) is 29.6 Å². The molecular formula is C28H32Cl2N2O2. The third kappa shape index (κ3) is 6.52. The molecule has 0 aliphatic rings. The van der Waals surface area contributed by atoms with Gasteiger partial charge in [0, 0.05) is 29.1 Å². The molecule has 4 nitrogen and oxygen atoms in total. The summed E-state index contributed by atoms with van der Waals surface area (Å²) in [6.07, 6.45) is 2.22. The third-order valence-electron chi connectivity index (χ3n) is 6.23. The zero-order chi connectivity index (χ0) is 24.7. The summed E-state index contributed by atoms with van der Waals surface area (Å²) in [6, 6.07) is 19.0. The SMILES string of the molecule is CC[C@H](C)NC(=O)[C@H](CC)N(Cc1ccc(Cl)cc1Cl)C(=O)CCc1cccc2ccccc12. The number of carbonyl (C=O) groups is 2. The molecule has 0 aromatic heterocycles. The summed E-state index contributed by atoms with van der Waals surface area (Å²) in [5.41, 5.74) is 1.88. The van der Waals surface area contributed by atoms with Crippen molar-refractivity contribution in [3.63, 3.8) is 0 Å². The van der Waals surface area contributed by atoms with Crippen LogP contribution in [0.15, 0.2) is 60.7 Å². The third-order valence-corrected chi connectivity index (χ3v) is 6.82. The summed E-state index contributed by atoms with van der Waals surface area (Å²) in [5.74, 6) is -0.217. The first-order valence-electron chi connectivity index (χ1n) is 11.8. The Balaban J connectivity index is 1.86. The van der Waals surface area contributed by atoms with Crippen LogP contribution in [0.1, 0.15) is 51.2 Å². The van der Waals surface area contributed by atoms with Crippen LogP contribution in [0.3, 0.4) is 0 Å². The number of nitrogens with zero attached hydrogens (tertiary/aromatic N) is 1. The molecule has 0 fully saturated rings. The van der Waals surface area contributed by atoms with Crippen molar-refractivity contribution in [1.82, 2.24) is 10.2 Å². The summed E-state index contributed by atoms with van der Waals surface area (Å²) in [6.45, 7) is 6.16. The highest BCUT2D eigenvalue weighted by molar-refractivity contribution is 6.35. The van der Waals surface area contributed by atoms with Gasteiger partial charge < -0.3 is 10.2 Å². The molecule has 0 unspecified atom stereocenters. The molecule has 0 aliphatic heterocycles. The Morgan fingerprint density at radius 2 is 1.68 bits per heavy atom. The van der Waals surface area contributed by atoms with E-state index in [1.807, 2.05) is 45.0 Å². The largest absolute Gasteiger partial charge is 0.352 e. The number of benzene rings is 3. The van der Waals surface area contributed by atoms with Crippen LogP contribution in [0.2, 0.25) is 10.0 Å². The fourth-order valence-electron chi connectivity index (χ4n) is 4.09. The normalized spacial score (nSPS) is 12.9. The zero-order valence-corrected chi connectivity index (χ0v) is 21.5. The van der Waals surface area contributed by atoms with E-state index < -0.39 is 6.04 Å². The Labute approximate surface area is 212 Å². The van der Waals surface area contributed by atoms with Crippen LogP contribution in [0, 0.1) is 0 Å². The highest BCUT2D eigenvalue weighted by Crippen LogP contribution is 2.25. The topological polar surface area (TPSA) is 49.4 Å². The number of rotatable bonds is 10. The number of halogens is 2. The lowest BCUT2D eigenvalue weighted by atomic mass is 10.00. The van der Waals surface area contributed by atoms with E-state index in [4.69, 9.17) is 23.2 Å². The van der Waals surface area contributed by atoms with Gasteiger partial charge >= 0.3 is 0 Å². The van der Waals surface area contributed by atoms with Crippen LogP contribution in [0.4, 0.5) is 0 Å². The van der Waals surface area contributed by atoms with E-state index in [9.17, 15) is 9.59 Å². The van der Waals surface area contributed by atoms with Gasteiger partial charge in [-0.3, -0.25) is 9.59 Å². The molecule has 34 heavy (non-hydrogen) atoms. The molecule has 3 aromatic rings. The Bertz CT molecular complexity index is 1140. The van der Waals surface area contributed by atoms with Crippen LogP contribution in [-0.4, -0.2) is 28.8 Å². The van der Waals surface area contributed by atoms with Crippen molar-refractivity contribution in [2.24, 2.45) is 0 Å². The smallest absolute Gasteiger partial charge is 0.243 e. The number of carbonyl (C=O) groups excluding carboxylic acids is 2. The number of amides is 2. The minimum Gasteiger partial charge on any atom is -0.352 e. The van der Waals surface area contributed by atoms with Crippen molar-refractivity contribution in [2.75, 3.05) is 0 Å². The maximum absolute atomic E-state index is 13.6.